The average molecular weight is 403 g/mol. The summed E-state index contributed by atoms with van der Waals surface area (Å²) in [6, 6.07) is 18.2. The Labute approximate surface area is 175 Å². The van der Waals surface area contributed by atoms with Crippen molar-refractivity contribution in [2.75, 3.05) is 17.6 Å². The third-order valence-corrected chi connectivity index (χ3v) is 4.83. The van der Waals surface area contributed by atoms with Crippen molar-refractivity contribution in [2.24, 2.45) is 0 Å². The first-order chi connectivity index (χ1) is 14.7. The summed E-state index contributed by atoms with van der Waals surface area (Å²) in [4.78, 5) is 13.3. The zero-order chi connectivity index (χ0) is 20.8. The largest absolute Gasteiger partial charge is 0.489 e. The molecule has 7 heteroatoms. The summed E-state index contributed by atoms with van der Waals surface area (Å²) in [5, 5.41) is 3.23. The maximum absolute atomic E-state index is 6.09. The molecule has 0 aliphatic heterocycles. The highest BCUT2D eigenvalue weighted by Gasteiger charge is 2.11. The number of unbranched alkanes of at least 4 members (excludes halogenated alkanes) is 1. The number of rotatable bonds is 9. The second-order valence-corrected chi connectivity index (χ2v) is 7.18. The molecule has 0 bridgehead atoms. The molecule has 0 amide bonds. The molecule has 7 nitrogen and oxygen atoms in total. The molecule has 0 atom stereocenters. The van der Waals surface area contributed by atoms with E-state index in [0.29, 0.717) is 30.4 Å². The van der Waals surface area contributed by atoms with Crippen molar-refractivity contribution in [1.82, 2.24) is 19.5 Å². The number of benzene rings is 2. The SMILES string of the molecule is CCCCNc1nc(N)c2ncn(Cc3ccc(OCc4ccccc4)cc3)c2n1. The molecule has 3 N–H and O–H groups in total. The van der Waals surface area contributed by atoms with Crippen molar-refractivity contribution in [2.45, 2.75) is 32.9 Å². The minimum atomic E-state index is 0.391. The van der Waals surface area contributed by atoms with Gasteiger partial charge in [-0.1, -0.05) is 55.8 Å². The molecular weight excluding hydrogens is 376 g/mol. The second kappa shape index (κ2) is 9.26. The lowest BCUT2D eigenvalue weighted by atomic mass is 10.2. The Bertz CT molecular complexity index is 1090. The van der Waals surface area contributed by atoms with Crippen LogP contribution in [0.3, 0.4) is 0 Å². The summed E-state index contributed by atoms with van der Waals surface area (Å²) >= 11 is 0. The van der Waals surface area contributed by atoms with Crippen LogP contribution in [-0.4, -0.2) is 26.1 Å². The van der Waals surface area contributed by atoms with Gasteiger partial charge in [0, 0.05) is 6.54 Å². The smallest absolute Gasteiger partial charge is 0.226 e. The van der Waals surface area contributed by atoms with Crippen LogP contribution < -0.4 is 15.8 Å². The number of ether oxygens (including phenoxy) is 1. The highest BCUT2D eigenvalue weighted by atomic mass is 16.5. The third kappa shape index (κ3) is 4.68. The summed E-state index contributed by atoms with van der Waals surface area (Å²) in [5.74, 6) is 1.77. The van der Waals surface area contributed by atoms with E-state index < -0.39 is 0 Å². The van der Waals surface area contributed by atoms with Gasteiger partial charge in [0.25, 0.3) is 0 Å². The third-order valence-electron chi connectivity index (χ3n) is 4.83. The predicted molar refractivity (Wildman–Crippen MR) is 119 cm³/mol. The van der Waals surface area contributed by atoms with Crippen LogP contribution in [0, 0.1) is 0 Å². The molecule has 0 spiro atoms. The Morgan fingerprint density at radius 1 is 1.00 bits per heavy atom. The van der Waals surface area contributed by atoms with Crippen molar-refractivity contribution < 1.29 is 4.74 Å². The van der Waals surface area contributed by atoms with Gasteiger partial charge in [0.1, 0.15) is 17.9 Å². The molecule has 0 fully saturated rings. The minimum Gasteiger partial charge on any atom is -0.489 e. The van der Waals surface area contributed by atoms with Gasteiger partial charge in [-0.15, -0.1) is 0 Å². The molecule has 0 saturated carbocycles. The van der Waals surface area contributed by atoms with Gasteiger partial charge in [0.15, 0.2) is 11.5 Å². The van der Waals surface area contributed by atoms with E-state index in [0.717, 1.165) is 41.9 Å². The minimum absolute atomic E-state index is 0.391. The molecule has 0 radical (unpaired) electrons. The normalized spacial score (nSPS) is 11.0. The number of nitrogen functional groups attached to an aromatic ring is 1. The molecule has 2 aromatic carbocycles. The van der Waals surface area contributed by atoms with Crippen LogP contribution in [0.25, 0.3) is 11.2 Å². The average Bonchev–Trinajstić information content (AvgIpc) is 3.17. The number of anilines is 2. The summed E-state index contributed by atoms with van der Waals surface area (Å²) < 4.78 is 7.85. The number of aromatic nitrogens is 4. The van der Waals surface area contributed by atoms with E-state index in [1.54, 1.807) is 6.33 Å². The van der Waals surface area contributed by atoms with Crippen molar-refractivity contribution >= 4 is 22.9 Å². The van der Waals surface area contributed by atoms with Crippen LogP contribution in [0.15, 0.2) is 60.9 Å². The van der Waals surface area contributed by atoms with Crippen molar-refractivity contribution in [3.8, 4) is 5.75 Å². The van der Waals surface area contributed by atoms with Gasteiger partial charge >= 0.3 is 0 Å². The first-order valence-corrected chi connectivity index (χ1v) is 10.2. The Kier molecular flexibility index (Phi) is 6.08. The fourth-order valence-electron chi connectivity index (χ4n) is 3.17. The number of hydrogen-bond acceptors (Lipinski definition) is 6. The van der Waals surface area contributed by atoms with Crippen LogP contribution in [0.2, 0.25) is 0 Å². The van der Waals surface area contributed by atoms with Gasteiger partial charge in [-0.3, -0.25) is 0 Å². The molecule has 4 rings (SSSR count). The number of fused-ring (bicyclic) bond motifs is 1. The molecule has 4 aromatic rings. The van der Waals surface area contributed by atoms with E-state index in [1.807, 2.05) is 34.9 Å². The van der Waals surface area contributed by atoms with Crippen molar-refractivity contribution in [3.63, 3.8) is 0 Å². The monoisotopic (exact) mass is 402 g/mol. The Morgan fingerprint density at radius 2 is 1.80 bits per heavy atom. The van der Waals surface area contributed by atoms with E-state index >= 15 is 0 Å². The lowest BCUT2D eigenvalue weighted by molar-refractivity contribution is 0.306. The molecule has 0 unspecified atom stereocenters. The van der Waals surface area contributed by atoms with Crippen molar-refractivity contribution in [3.05, 3.63) is 72.1 Å². The maximum atomic E-state index is 6.09. The van der Waals surface area contributed by atoms with Gasteiger partial charge in [-0.2, -0.15) is 9.97 Å². The van der Waals surface area contributed by atoms with Gasteiger partial charge in [-0.25, -0.2) is 4.98 Å². The van der Waals surface area contributed by atoms with E-state index in [1.165, 1.54) is 0 Å². The zero-order valence-electron chi connectivity index (χ0n) is 17.1. The van der Waals surface area contributed by atoms with E-state index in [2.05, 4.69) is 51.5 Å². The fourth-order valence-corrected chi connectivity index (χ4v) is 3.17. The molecule has 0 saturated heterocycles. The van der Waals surface area contributed by atoms with E-state index in [9.17, 15) is 0 Å². The summed E-state index contributed by atoms with van der Waals surface area (Å²) in [7, 11) is 0. The lowest BCUT2D eigenvalue weighted by Crippen LogP contribution is -2.08. The maximum Gasteiger partial charge on any atom is 0.226 e. The summed E-state index contributed by atoms with van der Waals surface area (Å²) in [6.45, 7) is 4.16. The first kappa shape index (κ1) is 19.7. The first-order valence-electron chi connectivity index (χ1n) is 10.2. The molecular formula is C23H26N6O. The second-order valence-electron chi connectivity index (χ2n) is 7.18. The fraction of sp³-hybridized carbons (Fsp3) is 0.261. The Morgan fingerprint density at radius 3 is 2.57 bits per heavy atom. The van der Waals surface area contributed by atoms with Crippen LogP contribution in [0.4, 0.5) is 11.8 Å². The van der Waals surface area contributed by atoms with Gasteiger partial charge in [-0.05, 0) is 29.7 Å². The summed E-state index contributed by atoms with van der Waals surface area (Å²) in [5.41, 5.74) is 9.71. The zero-order valence-corrected chi connectivity index (χ0v) is 17.1. The summed E-state index contributed by atoms with van der Waals surface area (Å²) in [6.07, 6.45) is 3.91. The van der Waals surface area contributed by atoms with Crippen LogP contribution in [-0.2, 0) is 13.2 Å². The topological polar surface area (TPSA) is 90.9 Å². The molecule has 30 heavy (non-hydrogen) atoms. The van der Waals surface area contributed by atoms with Crippen LogP contribution >= 0.6 is 0 Å². The predicted octanol–water partition coefficient (Wildman–Crippen LogP) is 4.25. The lowest BCUT2D eigenvalue weighted by Gasteiger charge is -2.09. The quantitative estimate of drug-likeness (QED) is 0.407. The van der Waals surface area contributed by atoms with Gasteiger partial charge in [0.05, 0.1) is 12.9 Å². The molecule has 0 aliphatic rings. The Balaban J connectivity index is 1.45. The van der Waals surface area contributed by atoms with Crippen molar-refractivity contribution in [1.29, 1.82) is 0 Å². The number of nitrogens with zero attached hydrogens (tertiary/aromatic N) is 4. The number of imidazole rings is 1. The van der Waals surface area contributed by atoms with Crippen LogP contribution in [0.5, 0.6) is 5.75 Å². The van der Waals surface area contributed by atoms with Gasteiger partial charge < -0.3 is 20.4 Å². The molecule has 0 aliphatic carbocycles. The standard InChI is InChI=1S/C23H26N6O/c1-2-3-13-25-23-27-21(24)20-22(28-23)29(16-26-20)14-17-9-11-19(12-10-17)30-15-18-7-5-4-6-8-18/h4-12,16H,2-3,13-15H2,1H3,(H3,24,25,27,28). The van der Waals surface area contributed by atoms with E-state index in [-0.39, 0.29) is 0 Å². The van der Waals surface area contributed by atoms with E-state index in [4.69, 9.17) is 10.5 Å². The van der Waals surface area contributed by atoms with Gasteiger partial charge in [0.2, 0.25) is 5.95 Å². The number of nitrogens with one attached hydrogen (secondary N) is 1. The number of nitrogens with two attached hydrogens (primary N) is 1. The molecule has 2 heterocycles. The molecule has 154 valence electrons. The highest BCUT2D eigenvalue weighted by Crippen LogP contribution is 2.20. The van der Waals surface area contributed by atoms with Crippen LogP contribution in [0.1, 0.15) is 30.9 Å². The molecule has 2 aromatic heterocycles. The highest BCUT2D eigenvalue weighted by molar-refractivity contribution is 5.82. The number of hydrogen-bond donors (Lipinski definition) is 2. The Hall–Kier alpha value is -3.61.